The predicted octanol–water partition coefficient (Wildman–Crippen LogP) is 5.85. The smallest absolute Gasteiger partial charge is 0.379 e. The molecule has 0 aromatic heterocycles. The fourth-order valence-corrected chi connectivity index (χ4v) is 4.35. The van der Waals surface area contributed by atoms with E-state index in [0.717, 1.165) is 11.8 Å². The number of carboxylic acid groups (broad SMARTS) is 1. The standard InChI is InChI=1S/C26H21Cl2F3N2O6/c1-33-11-15(39-23-8-14(37-2)4-6-21(23)33)12-38-22-10-18(27)16(9-19(22)28)24(34)32-13-3-5-20(29)17(7-13)26(30,31)25(35)36/h3-10,15H,11-12H2,1-2H3,(H,32,34)(H,35,36)/t15-/m0/s1. The maximum absolute atomic E-state index is 13.9. The quantitative estimate of drug-likeness (QED) is 0.343. The summed E-state index contributed by atoms with van der Waals surface area (Å²) in [5, 5.41) is 11.0. The lowest BCUT2D eigenvalue weighted by molar-refractivity contribution is -0.166. The highest BCUT2D eigenvalue weighted by molar-refractivity contribution is 6.37. The summed E-state index contributed by atoms with van der Waals surface area (Å²) in [6, 6.07) is 10.2. The van der Waals surface area contributed by atoms with Gasteiger partial charge in [-0.15, -0.1) is 0 Å². The van der Waals surface area contributed by atoms with E-state index in [9.17, 15) is 22.8 Å². The van der Waals surface area contributed by atoms with Crippen LogP contribution < -0.4 is 24.4 Å². The molecule has 1 heterocycles. The molecule has 3 aromatic rings. The second-order valence-corrected chi connectivity index (χ2v) is 9.37. The summed E-state index contributed by atoms with van der Waals surface area (Å²) >= 11 is 12.6. The second kappa shape index (κ2) is 11.1. The summed E-state index contributed by atoms with van der Waals surface area (Å²) in [7, 11) is 3.46. The lowest BCUT2D eigenvalue weighted by Gasteiger charge is -2.33. The second-order valence-electron chi connectivity index (χ2n) is 8.56. The van der Waals surface area contributed by atoms with Crippen LogP contribution in [0.3, 0.4) is 0 Å². The third-order valence-electron chi connectivity index (χ3n) is 5.87. The highest BCUT2D eigenvalue weighted by Gasteiger charge is 2.43. The Morgan fingerprint density at radius 1 is 1.15 bits per heavy atom. The van der Waals surface area contributed by atoms with Crippen molar-refractivity contribution in [1.29, 1.82) is 0 Å². The first-order valence-corrected chi connectivity index (χ1v) is 12.1. The molecule has 0 saturated carbocycles. The van der Waals surface area contributed by atoms with Crippen molar-refractivity contribution < 1.29 is 42.1 Å². The molecule has 206 valence electrons. The van der Waals surface area contributed by atoms with Crippen LogP contribution in [0.5, 0.6) is 17.2 Å². The Kier molecular flexibility index (Phi) is 8.03. The number of hydrogen-bond donors (Lipinski definition) is 2. The molecule has 1 atom stereocenters. The van der Waals surface area contributed by atoms with E-state index < -0.39 is 29.2 Å². The number of nitrogens with zero attached hydrogens (tertiary/aromatic N) is 1. The first kappa shape index (κ1) is 28.2. The van der Waals surface area contributed by atoms with Crippen LogP contribution in [-0.4, -0.2) is 50.4 Å². The SMILES string of the molecule is COc1ccc2c(c1)O[C@H](COc1cc(Cl)c(C(=O)Nc3ccc(F)c(C(F)(F)C(=O)O)c3)cc1Cl)CN2C. The Hall–Kier alpha value is -3.83. The zero-order valence-electron chi connectivity index (χ0n) is 20.4. The zero-order chi connectivity index (χ0) is 28.5. The monoisotopic (exact) mass is 584 g/mol. The number of amides is 1. The number of rotatable bonds is 8. The van der Waals surface area contributed by atoms with Crippen molar-refractivity contribution in [1.82, 2.24) is 0 Å². The van der Waals surface area contributed by atoms with E-state index in [4.69, 9.17) is 42.5 Å². The Balaban J connectivity index is 1.46. The number of hydrogen-bond acceptors (Lipinski definition) is 6. The number of ether oxygens (including phenoxy) is 3. The Bertz CT molecular complexity index is 1440. The number of halogens is 5. The first-order valence-electron chi connectivity index (χ1n) is 11.3. The van der Waals surface area contributed by atoms with Gasteiger partial charge >= 0.3 is 11.9 Å². The van der Waals surface area contributed by atoms with Crippen molar-refractivity contribution in [2.45, 2.75) is 12.0 Å². The number of alkyl halides is 2. The first-order chi connectivity index (χ1) is 18.4. The van der Waals surface area contributed by atoms with Gasteiger partial charge in [0, 0.05) is 24.9 Å². The lowest BCUT2D eigenvalue weighted by atomic mass is 10.1. The predicted molar refractivity (Wildman–Crippen MR) is 139 cm³/mol. The van der Waals surface area contributed by atoms with Crippen LogP contribution in [0.1, 0.15) is 15.9 Å². The third-order valence-corrected chi connectivity index (χ3v) is 6.48. The molecule has 0 bridgehead atoms. The molecule has 1 amide bonds. The molecule has 39 heavy (non-hydrogen) atoms. The van der Waals surface area contributed by atoms with Crippen molar-refractivity contribution in [2.75, 3.05) is 37.5 Å². The van der Waals surface area contributed by atoms with Crippen LogP contribution in [0.25, 0.3) is 0 Å². The van der Waals surface area contributed by atoms with Gasteiger partial charge in [0.15, 0.2) is 0 Å². The Morgan fingerprint density at radius 2 is 1.90 bits per heavy atom. The minimum absolute atomic E-state index is 0.0352. The molecule has 0 unspecified atom stereocenters. The van der Waals surface area contributed by atoms with Crippen molar-refractivity contribution >= 4 is 46.5 Å². The summed E-state index contributed by atoms with van der Waals surface area (Å²) in [4.78, 5) is 25.6. The highest BCUT2D eigenvalue weighted by atomic mass is 35.5. The van der Waals surface area contributed by atoms with E-state index in [2.05, 4.69) is 5.32 Å². The van der Waals surface area contributed by atoms with Gasteiger partial charge in [-0.2, -0.15) is 8.78 Å². The molecular weight excluding hydrogens is 564 g/mol. The van der Waals surface area contributed by atoms with E-state index in [-0.39, 0.29) is 39.8 Å². The average molecular weight is 585 g/mol. The van der Waals surface area contributed by atoms with Gasteiger partial charge < -0.3 is 29.5 Å². The molecule has 1 aliphatic rings. The van der Waals surface area contributed by atoms with Gasteiger partial charge in [0.2, 0.25) is 0 Å². The van der Waals surface area contributed by atoms with Crippen LogP contribution in [0.15, 0.2) is 48.5 Å². The molecule has 1 aliphatic heterocycles. The van der Waals surface area contributed by atoms with Gasteiger partial charge in [-0.05, 0) is 36.4 Å². The summed E-state index contributed by atoms with van der Waals surface area (Å²) in [6.45, 7) is 0.616. The van der Waals surface area contributed by atoms with E-state index >= 15 is 0 Å². The van der Waals surface area contributed by atoms with Gasteiger partial charge in [0.1, 0.15) is 35.8 Å². The summed E-state index contributed by atoms with van der Waals surface area (Å²) < 4.78 is 58.6. The van der Waals surface area contributed by atoms with Crippen LogP contribution in [-0.2, 0) is 10.7 Å². The number of likely N-dealkylation sites (N-methyl/N-ethyl adjacent to an activating group) is 1. The number of nitrogens with one attached hydrogen (secondary N) is 1. The zero-order valence-corrected chi connectivity index (χ0v) is 21.9. The molecule has 13 heteroatoms. The number of carbonyl (C=O) groups excluding carboxylic acids is 1. The van der Waals surface area contributed by atoms with Crippen molar-refractivity contribution in [2.24, 2.45) is 0 Å². The number of carboxylic acids is 1. The van der Waals surface area contributed by atoms with E-state index in [1.54, 1.807) is 13.2 Å². The fraction of sp³-hybridized carbons (Fsp3) is 0.231. The Labute approximate surface area is 230 Å². The number of benzene rings is 3. The average Bonchev–Trinajstić information content (AvgIpc) is 2.89. The summed E-state index contributed by atoms with van der Waals surface area (Å²) in [6.07, 6.45) is -0.371. The van der Waals surface area contributed by atoms with Crippen molar-refractivity contribution in [3.05, 3.63) is 75.5 Å². The van der Waals surface area contributed by atoms with Crippen LogP contribution >= 0.6 is 23.2 Å². The van der Waals surface area contributed by atoms with E-state index in [0.29, 0.717) is 30.2 Å². The number of fused-ring (bicyclic) bond motifs is 1. The number of anilines is 2. The molecule has 0 radical (unpaired) electrons. The van der Waals surface area contributed by atoms with Crippen LogP contribution in [0, 0.1) is 5.82 Å². The minimum atomic E-state index is -4.50. The summed E-state index contributed by atoms with van der Waals surface area (Å²) in [5.74, 6) is -7.91. The molecule has 0 spiro atoms. The lowest BCUT2D eigenvalue weighted by Crippen LogP contribution is -2.41. The largest absolute Gasteiger partial charge is 0.497 e. The van der Waals surface area contributed by atoms with E-state index in [1.807, 2.05) is 24.1 Å². The maximum Gasteiger partial charge on any atom is 0.379 e. The van der Waals surface area contributed by atoms with Gasteiger partial charge in [0.25, 0.3) is 5.91 Å². The van der Waals surface area contributed by atoms with E-state index in [1.165, 1.54) is 12.1 Å². The molecule has 0 fully saturated rings. The third kappa shape index (κ3) is 5.94. The summed E-state index contributed by atoms with van der Waals surface area (Å²) in [5.41, 5.74) is -0.916. The molecule has 8 nitrogen and oxygen atoms in total. The van der Waals surface area contributed by atoms with Crippen LogP contribution in [0.2, 0.25) is 10.0 Å². The number of methoxy groups -OCH3 is 1. The molecule has 2 N–H and O–H groups in total. The maximum atomic E-state index is 13.9. The molecule has 4 rings (SSSR count). The minimum Gasteiger partial charge on any atom is -0.497 e. The number of carbonyl (C=O) groups is 2. The van der Waals surface area contributed by atoms with Gasteiger partial charge in [-0.1, -0.05) is 23.2 Å². The molecule has 3 aromatic carbocycles. The topological polar surface area (TPSA) is 97.3 Å². The molecule has 0 aliphatic carbocycles. The highest BCUT2D eigenvalue weighted by Crippen LogP contribution is 2.37. The van der Waals surface area contributed by atoms with Crippen LogP contribution in [0.4, 0.5) is 24.5 Å². The molecular formula is C26H21Cl2F3N2O6. The normalized spacial score (nSPS) is 14.7. The van der Waals surface area contributed by atoms with Gasteiger partial charge in [-0.3, -0.25) is 4.79 Å². The number of aliphatic carboxylic acids is 1. The van der Waals surface area contributed by atoms with Crippen molar-refractivity contribution in [3.63, 3.8) is 0 Å². The van der Waals surface area contributed by atoms with Gasteiger partial charge in [-0.25, -0.2) is 9.18 Å². The Morgan fingerprint density at radius 3 is 2.59 bits per heavy atom. The molecule has 0 saturated heterocycles. The van der Waals surface area contributed by atoms with Gasteiger partial charge in [0.05, 0.1) is 40.5 Å². The fourth-order valence-electron chi connectivity index (χ4n) is 3.89. The van der Waals surface area contributed by atoms with Crippen molar-refractivity contribution in [3.8, 4) is 17.2 Å².